The topological polar surface area (TPSA) is 51.5 Å². The van der Waals surface area contributed by atoms with Crippen molar-refractivity contribution in [3.63, 3.8) is 0 Å². The first-order valence-corrected chi connectivity index (χ1v) is 7.96. The Morgan fingerprint density at radius 1 is 1.16 bits per heavy atom. The van der Waals surface area contributed by atoms with E-state index in [1.807, 2.05) is 42.5 Å². The Balaban J connectivity index is 2.01. The summed E-state index contributed by atoms with van der Waals surface area (Å²) in [4.78, 5) is 10.6. The van der Waals surface area contributed by atoms with Crippen LogP contribution in [-0.2, 0) is 11.3 Å². The summed E-state index contributed by atoms with van der Waals surface area (Å²) in [6.45, 7) is 0.766. The zero-order valence-electron chi connectivity index (χ0n) is 13.9. The molecule has 4 nitrogen and oxygen atoms in total. The van der Waals surface area contributed by atoms with Crippen molar-refractivity contribution in [3.8, 4) is 5.75 Å². The summed E-state index contributed by atoms with van der Waals surface area (Å²) in [5.74, 6) is -0.168. The lowest BCUT2D eigenvalue weighted by Crippen LogP contribution is -1.97. The molecule has 0 atom stereocenters. The van der Waals surface area contributed by atoms with Gasteiger partial charge in [-0.15, -0.1) is 0 Å². The smallest absolute Gasteiger partial charge is 0.328 e. The van der Waals surface area contributed by atoms with E-state index in [1.54, 1.807) is 13.2 Å². The number of carboxylic acid groups (broad SMARTS) is 1. The molecule has 0 aliphatic heterocycles. The zero-order chi connectivity index (χ0) is 17.6. The lowest BCUT2D eigenvalue weighted by molar-refractivity contribution is -0.131. The van der Waals surface area contributed by atoms with Crippen molar-refractivity contribution >= 4 is 22.9 Å². The summed E-state index contributed by atoms with van der Waals surface area (Å²) in [5.41, 5.74) is 3.34. The first kappa shape index (κ1) is 16.6. The minimum absolute atomic E-state index is 0.766. The fourth-order valence-corrected chi connectivity index (χ4v) is 2.77. The van der Waals surface area contributed by atoms with Crippen LogP contribution in [0.1, 0.15) is 11.1 Å². The number of carboxylic acids is 1. The molecule has 126 valence electrons. The van der Waals surface area contributed by atoms with Crippen LogP contribution in [0, 0.1) is 0 Å². The minimum Gasteiger partial charge on any atom is -0.497 e. The Labute approximate surface area is 146 Å². The van der Waals surface area contributed by atoms with Crippen LogP contribution in [-0.4, -0.2) is 22.8 Å². The average Bonchev–Trinajstić information content (AvgIpc) is 2.96. The molecule has 3 rings (SSSR count). The van der Waals surface area contributed by atoms with E-state index in [4.69, 9.17) is 9.84 Å². The Morgan fingerprint density at radius 2 is 1.96 bits per heavy atom. The Bertz CT molecular complexity index is 936. The Hall–Kier alpha value is -3.27. The van der Waals surface area contributed by atoms with Crippen molar-refractivity contribution in [2.75, 3.05) is 7.11 Å². The van der Waals surface area contributed by atoms with Crippen molar-refractivity contribution in [1.82, 2.24) is 4.57 Å². The Kier molecular flexibility index (Phi) is 5.00. The average molecular weight is 333 g/mol. The molecule has 3 aromatic rings. The summed E-state index contributed by atoms with van der Waals surface area (Å²) in [5, 5.41) is 9.74. The van der Waals surface area contributed by atoms with E-state index in [1.165, 1.54) is 11.6 Å². The number of allylic oxidation sites excluding steroid dienone is 2. The molecule has 0 saturated carbocycles. The molecular formula is C21H19NO3. The first-order chi connectivity index (χ1) is 12.2. The molecule has 4 heteroatoms. The van der Waals surface area contributed by atoms with E-state index in [0.29, 0.717) is 0 Å². The van der Waals surface area contributed by atoms with E-state index in [2.05, 4.69) is 22.9 Å². The third kappa shape index (κ3) is 3.98. The van der Waals surface area contributed by atoms with Crippen LogP contribution in [0.5, 0.6) is 5.75 Å². The monoisotopic (exact) mass is 333 g/mol. The molecule has 0 bridgehead atoms. The van der Waals surface area contributed by atoms with Crippen molar-refractivity contribution in [2.24, 2.45) is 0 Å². The third-order valence-electron chi connectivity index (χ3n) is 3.94. The van der Waals surface area contributed by atoms with E-state index in [0.717, 1.165) is 34.8 Å². The molecule has 0 aliphatic rings. The summed E-state index contributed by atoms with van der Waals surface area (Å²) >= 11 is 0. The van der Waals surface area contributed by atoms with E-state index in [-0.39, 0.29) is 0 Å². The number of carbonyl (C=O) groups is 1. The van der Waals surface area contributed by atoms with Crippen molar-refractivity contribution in [3.05, 3.63) is 84.1 Å². The molecule has 1 aromatic heterocycles. The van der Waals surface area contributed by atoms with Gasteiger partial charge in [0.25, 0.3) is 0 Å². The van der Waals surface area contributed by atoms with Crippen molar-refractivity contribution in [1.29, 1.82) is 0 Å². The SMILES string of the molecule is COc1ccc2c(c1)c(/C=C/C=C/C(=O)O)cn2Cc1ccccc1. The normalized spacial score (nSPS) is 11.6. The maximum Gasteiger partial charge on any atom is 0.328 e. The molecule has 2 aromatic carbocycles. The molecule has 0 unspecified atom stereocenters. The number of methoxy groups -OCH3 is 1. The number of hydrogen-bond donors (Lipinski definition) is 1. The lowest BCUT2D eigenvalue weighted by Gasteiger charge is -2.06. The van der Waals surface area contributed by atoms with Crippen LogP contribution >= 0.6 is 0 Å². The van der Waals surface area contributed by atoms with Crippen LogP contribution in [0.25, 0.3) is 17.0 Å². The van der Waals surface area contributed by atoms with Gasteiger partial charge in [-0.05, 0) is 23.8 Å². The fraction of sp³-hybridized carbons (Fsp3) is 0.0952. The molecule has 0 saturated heterocycles. The number of rotatable bonds is 6. The summed E-state index contributed by atoms with van der Waals surface area (Å²) in [6.07, 6.45) is 8.34. The highest BCUT2D eigenvalue weighted by atomic mass is 16.5. The number of benzene rings is 2. The first-order valence-electron chi connectivity index (χ1n) is 7.96. The van der Waals surface area contributed by atoms with E-state index >= 15 is 0 Å². The number of aliphatic carboxylic acids is 1. The molecule has 0 amide bonds. The molecule has 25 heavy (non-hydrogen) atoms. The predicted molar refractivity (Wildman–Crippen MR) is 99.8 cm³/mol. The van der Waals surface area contributed by atoms with Crippen LogP contribution in [0.3, 0.4) is 0 Å². The summed E-state index contributed by atoms with van der Waals surface area (Å²) < 4.78 is 7.52. The second-order valence-electron chi connectivity index (χ2n) is 5.64. The maximum atomic E-state index is 10.6. The molecule has 0 spiro atoms. The van der Waals surface area contributed by atoms with Gasteiger partial charge in [0.15, 0.2) is 0 Å². The van der Waals surface area contributed by atoms with E-state index < -0.39 is 5.97 Å². The highest BCUT2D eigenvalue weighted by Gasteiger charge is 2.08. The van der Waals surface area contributed by atoms with Gasteiger partial charge in [0.1, 0.15) is 5.75 Å². The third-order valence-corrected chi connectivity index (χ3v) is 3.94. The predicted octanol–water partition coefficient (Wildman–Crippen LogP) is 4.35. The summed E-state index contributed by atoms with van der Waals surface area (Å²) in [6, 6.07) is 16.2. The van der Waals surface area contributed by atoms with Gasteiger partial charge in [0, 0.05) is 35.3 Å². The highest BCUT2D eigenvalue weighted by molar-refractivity contribution is 5.91. The lowest BCUT2D eigenvalue weighted by atomic mass is 10.1. The van der Waals surface area contributed by atoms with Crippen molar-refractivity contribution < 1.29 is 14.6 Å². The second-order valence-corrected chi connectivity index (χ2v) is 5.64. The zero-order valence-corrected chi connectivity index (χ0v) is 13.9. The van der Waals surface area contributed by atoms with Gasteiger partial charge in [0.05, 0.1) is 7.11 Å². The maximum absolute atomic E-state index is 10.6. The molecule has 1 N–H and O–H groups in total. The van der Waals surface area contributed by atoms with E-state index in [9.17, 15) is 4.79 Å². The van der Waals surface area contributed by atoms with Crippen molar-refractivity contribution in [2.45, 2.75) is 6.54 Å². The van der Waals surface area contributed by atoms with Gasteiger partial charge in [-0.1, -0.05) is 48.6 Å². The second kappa shape index (κ2) is 7.53. The molecule has 0 radical (unpaired) electrons. The number of ether oxygens (including phenoxy) is 1. The molecule has 0 fully saturated rings. The van der Waals surface area contributed by atoms with Crippen LogP contribution < -0.4 is 4.74 Å². The molecular weight excluding hydrogens is 314 g/mol. The van der Waals surface area contributed by atoms with Gasteiger partial charge in [-0.2, -0.15) is 0 Å². The standard InChI is InChI=1S/C21H19NO3/c1-25-18-11-12-20-19(13-18)17(9-5-6-10-21(23)24)15-22(20)14-16-7-3-2-4-8-16/h2-13,15H,14H2,1H3,(H,23,24)/b9-5+,10-6+. The van der Waals surface area contributed by atoms with Gasteiger partial charge in [-0.3, -0.25) is 0 Å². The fourth-order valence-electron chi connectivity index (χ4n) is 2.77. The quantitative estimate of drug-likeness (QED) is 0.539. The molecule has 1 heterocycles. The number of nitrogens with zero attached hydrogens (tertiary/aromatic N) is 1. The van der Waals surface area contributed by atoms with Gasteiger partial charge < -0.3 is 14.4 Å². The minimum atomic E-state index is -0.960. The number of aromatic nitrogens is 1. The van der Waals surface area contributed by atoms with Crippen LogP contribution in [0.2, 0.25) is 0 Å². The highest BCUT2D eigenvalue weighted by Crippen LogP contribution is 2.27. The largest absolute Gasteiger partial charge is 0.497 e. The molecule has 0 aliphatic carbocycles. The van der Waals surface area contributed by atoms with Crippen LogP contribution in [0.15, 0.2) is 73.0 Å². The van der Waals surface area contributed by atoms with Crippen LogP contribution in [0.4, 0.5) is 0 Å². The van der Waals surface area contributed by atoms with Gasteiger partial charge in [0.2, 0.25) is 0 Å². The van der Waals surface area contributed by atoms with Gasteiger partial charge in [-0.25, -0.2) is 4.79 Å². The number of fused-ring (bicyclic) bond motifs is 1. The van der Waals surface area contributed by atoms with Gasteiger partial charge >= 0.3 is 5.97 Å². The summed E-state index contributed by atoms with van der Waals surface area (Å²) in [7, 11) is 1.65. The Morgan fingerprint density at radius 3 is 2.68 bits per heavy atom. The number of hydrogen-bond acceptors (Lipinski definition) is 2.